The predicted octanol–water partition coefficient (Wildman–Crippen LogP) is 3.58. The molecule has 7 nitrogen and oxygen atoms in total. The maximum absolute atomic E-state index is 9.98. The normalized spacial score (nSPS) is 10.2. The molecule has 132 valence electrons. The van der Waals surface area contributed by atoms with Gasteiger partial charge in [0.2, 0.25) is 0 Å². The Morgan fingerprint density at radius 2 is 1.69 bits per heavy atom. The molecule has 0 radical (unpaired) electrons. The fourth-order valence-electron chi connectivity index (χ4n) is 2.65. The van der Waals surface area contributed by atoms with Gasteiger partial charge in [-0.25, -0.2) is 0 Å². The second-order valence-electron chi connectivity index (χ2n) is 5.39. The largest absolute Gasteiger partial charge is 0.504 e. The molecular weight excluding hydrogens is 334 g/mol. The summed E-state index contributed by atoms with van der Waals surface area (Å²) in [6.45, 7) is 0. The Kier molecular flexibility index (Phi) is 4.67. The summed E-state index contributed by atoms with van der Waals surface area (Å²) < 4.78 is 15.7. The lowest BCUT2D eigenvalue weighted by atomic mass is 10.1. The monoisotopic (exact) mass is 351 g/mol. The number of hydrogen-bond acceptors (Lipinski definition) is 7. The van der Waals surface area contributed by atoms with E-state index in [2.05, 4.69) is 16.4 Å². The number of rotatable bonds is 5. The summed E-state index contributed by atoms with van der Waals surface area (Å²) in [5.41, 5.74) is 2.16. The Labute approximate surface area is 150 Å². The zero-order valence-corrected chi connectivity index (χ0v) is 14.5. The van der Waals surface area contributed by atoms with Crippen LogP contribution in [0, 0.1) is 11.3 Å². The van der Waals surface area contributed by atoms with E-state index in [1.165, 1.54) is 19.4 Å². The van der Waals surface area contributed by atoms with Crippen molar-refractivity contribution in [2.75, 3.05) is 26.6 Å². The van der Waals surface area contributed by atoms with Crippen molar-refractivity contribution in [3.63, 3.8) is 0 Å². The Balaban J connectivity index is 2.16. The van der Waals surface area contributed by atoms with Gasteiger partial charge in [-0.05, 0) is 18.2 Å². The molecule has 3 aromatic rings. The fraction of sp³-hybridized carbons (Fsp3) is 0.158. The van der Waals surface area contributed by atoms with Gasteiger partial charge in [-0.2, -0.15) is 5.26 Å². The standard InChI is InChI=1S/C19H17N3O4/c1-24-16-5-4-12(6-15(16)23)22-19-11(9-20)10-21-14-8-18(26-3)17(25-2)7-13(14)19/h4-8,10,23H,1-3H3,(H,21,22). The number of nitrogens with one attached hydrogen (secondary N) is 1. The van der Waals surface area contributed by atoms with Crippen molar-refractivity contribution >= 4 is 22.3 Å². The summed E-state index contributed by atoms with van der Waals surface area (Å²) in [6.07, 6.45) is 1.49. The van der Waals surface area contributed by atoms with Crippen LogP contribution in [0.25, 0.3) is 10.9 Å². The zero-order valence-electron chi connectivity index (χ0n) is 14.5. The number of aromatic nitrogens is 1. The van der Waals surface area contributed by atoms with Gasteiger partial charge in [0.25, 0.3) is 0 Å². The second kappa shape index (κ2) is 7.07. The van der Waals surface area contributed by atoms with Gasteiger partial charge in [0.1, 0.15) is 6.07 Å². The summed E-state index contributed by atoms with van der Waals surface area (Å²) in [7, 11) is 4.57. The highest BCUT2D eigenvalue weighted by Crippen LogP contribution is 2.38. The number of phenols is 1. The number of methoxy groups -OCH3 is 3. The van der Waals surface area contributed by atoms with Gasteiger partial charge in [-0.1, -0.05) is 0 Å². The first kappa shape index (κ1) is 17.2. The van der Waals surface area contributed by atoms with Crippen LogP contribution >= 0.6 is 0 Å². The first-order valence-corrected chi connectivity index (χ1v) is 7.70. The van der Waals surface area contributed by atoms with E-state index >= 15 is 0 Å². The fourth-order valence-corrected chi connectivity index (χ4v) is 2.65. The number of anilines is 2. The lowest BCUT2D eigenvalue weighted by Crippen LogP contribution is -1.98. The van der Waals surface area contributed by atoms with Gasteiger partial charge in [0.15, 0.2) is 23.0 Å². The highest BCUT2D eigenvalue weighted by Gasteiger charge is 2.14. The number of pyridine rings is 1. The summed E-state index contributed by atoms with van der Waals surface area (Å²) in [5.74, 6) is 1.43. The molecule has 0 aliphatic carbocycles. The summed E-state index contributed by atoms with van der Waals surface area (Å²) in [6, 6.07) is 10.5. The zero-order chi connectivity index (χ0) is 18.7. The van der Waals surface area contributed by atoms with Crippen LogP contribution in [0.15, 0.2) is 36.5 Å². The van der Waals surface area contributed by atoms with Gasteiger partial charge >= 0.3 is 0 Å². The third-order valence-corrected chi connectivity index (χ3v) is 3.94. The minimum Gasteiger partial charge on any atom is -0.504 e. The molecule has 0 amide bonds. The van der Waals surface area contributed by atoms with E-state index in [1.807, 2.05) is 0 Å². The Morgan fingerprint density at radius 1 is 1.00 bits per heavy atom. The minimum atomic E-state index is -0.00591. The molecule has 0 fully saturated rings. The van der Waals surface area contributed by atoms with E-state index in [-0.39, 0.29) is 5.75 Å². The topological polar surface area (TPSA) is 96.6 Å². The molecule has 0 bridgehead atoms. The van der Waals surface area contributed by atoms with Crippen molar-refractivity contribution in [2.24, 2.45) is 0 Å². The average Bonchev–Trinajstić information content (AvgIpc) is 2.67. The van der Waals surface area contributed by atoms with E-state index in [4.69, 9.17) is 14.2 Å². The predicted molar refractivity (Wildman–Crippen MR) is 97.5 cm³/mol. The molecule has 26 heavy (non-hydrogen) atoms. The van der Waals surface area contributed by atoms with Crippen molar-refractivity contribution in [3.8, 4) is 29.1 Å². The Hall–Kier alpha value is -3.66. The maximum atomic E-state index is 9.98. The van der Waals surface area contributed by atoms with Crippen LogP contribution in [0.1, 0.15) is 5.56 Å². The highest BCUT2D eigenvalue weighted by molar-refractivity contribution is 5.97. The van der Waals surface area contributed by atoms with Crippen LogP contribution in [-0.2, 0) is 0 Å². The molecule has 0 aliphatic heterocycles. The molecule has 1 aromatic heterocycles. The van der Waals surface area contributed by atoms with Crippen LogP contribution in [0.4, 0.5) is 11.4 Å². The lowest BCUT2D eigenvalue weighted by Gasteiger charge is -2.15. The van der Waals surface area contributed by atoms with E-state index in [0.717, 1.165) is 0 Å². The number of fused-ring (bicyclic) bond motifs is 1. The van der Waals surface area contributed by atoms with E-state index in [1.54, 1.807) is 38.5 Å². The van der Waals surface area contributed by atoms with Crippen molar-refractivity contribution in [3.05, 3.63) is 42.1 Å². The number of nitriles is 1. The molecule has 0 atom stereocenters. The van der Waals surface area contributed by atoms with Crippen LogP contribution in [0.3, 0.4) is 0 Å². The number of phenolic OH excluding ortho intramolecular Hbond substituents is 1. The van der Waals surface area contributed by atoms with Crippen molar-refractivity contribution in [1.82, 2.24) is 4.98 Å². The SMILES string of the molecule is COc1ccc(Nc2c(C#N)cnc3cc(OC)c(OC)cc23)cc1O. The van der Waals surface area contributed by atoms with Gasteiger partial charge < -0.3 is 24.6 Å². The highest BCUT2D eigenvalue weighted by atomic mass is 16.5. The molecule has 0 aliphatic rings. The quantitative estimate of drug-likeness (QED) is 0.725. The second-order valence-corrected chi connectivity index (χ2v) is 5.39. The third kappa shape index (κ3) is 3.00. The van der Waals surface area contributed by atoms with Crippen LogP contribution in [-0.4, -0.2) is 31.4 Å². The minimum absolute atomic E-state index is 0.00591. The molecule has 0 spiro atoms. The molecule has 7 heteroatoms. The van der Waals surface area contributed by atoms with Crippen LogP contribution < -0.4 is 19.5 Å². The van der Waals surface area contributed by atoms with Crippen LogP contribution in [0.2, 0.25) is 0 Å². The third-order valence-electron chi connectivity index (χ3n) is 3.94. The van der Waals surface area contributed by atoms with E-state index in [0.29, 0.717) is 45.1 Å². The smallest absolute Gasteiger partial charge is 0.162 e. The first-order valence-electron chi connectivity index (χ1n) is 7.70. The molecule has 3 rings (SSSR count). The van der Waals surface area contributed by atoms with Crippen molar-refractivity contribution in [1.29, 1.82) is 5.26 Å². The molecule has 1 heterocycles. The van der Waals surface area contributed by atoms with Gasteiger partial charge in [0, 0.05) is 29.4 Å². The van der Waals surface area contributed by atoms with E-state index < -0.39 is 0 Å². The van der Waals surface area contributed by atoms with Gasteiger partial charge in [0.05, 0.1) is 38.1 Å². The molecule has 0 saturated carbocycles. The molecule has 2 N–H and O–H groups in total. The van der Waals surface area contributed by atoms with Crippen molar-refractivity contribution in [2.45, 2.75) is 0 Å². The van der Waals surface area contributed by atoms with Gasteiger partial charge in [-0.3, -0.25) is 4.98 Å². The lowest BCUT2D eigenvalue weighted by molar-refractivity contribution is 0.356. The Morgan fingerprint density at radius 3 is 2.31 bits per heavy atom. The number of hydrogen-bond donors (Lipinski definition) is 2. The summed E-state index contributed by atoms with van der Waals surface area (Å²) in [5, 5.41) is 23.3. The molecule has 2 aromatic carbocycles. The first-order chi connectivity index (χ1) is 12.6. The van der Waals surface area contributed by atoms with E-state index in [9.17, 15) is 10.4 Å². The molecule has 0 saturated heterocycles. The molecular formula is C19H17N3O4. The average molecular weight is 351 g/mol. The van der Waals surface area contributed by atoms with Crippen LogP contribution in [0.5, 0.6) is 23.0 Å². The summed E-state index contributed by atoms with van der Waals surface area (Å²) >= 11 is 0. The summed E-state index contributed by atoms with van der Waals surface area (Å²) in [4.78, 5) is 4.32. The van der Waals surface area contributed by atoms with Gasteiger partial charge in [-0.15, -0.1) is 0 Å². The Bertz CT molecular complexity index is 1010. The number of ether oxygens (including phenoxy) is 3. The number of nitrogens with zero attached hydrogens (tertiary/aromatic N) is 2. The van der Waals surface area contributed by atoms with Crippen molar-refractivity contribution < 1.29 is 19.3 Å². The number of aromatic hydroxyl groups is 1. The maximum Gasteiger partial charge on any atom is 0.162 e. The number of benzene rings is 2. The molecule has 0 unspecified atom stereocenters.